The van der Waals surface area contributed by atoms with E-state index in [4.69, 9.17) is 0 Å². The van der Waals surface area contributed by atoms with Crippen molar-refractivity contribution in [2.75, 3.05) is 6.54 Å². The normalized spacial score (nSPS) is 17.1. The van der Waals surface area contributed by atoms with Gasteiger partial charge in [-0.25, -0.2) is 4.98 Å². The van der Waals surface area contributed by atoms with E-state index in [-0.39, 0.29) is 24.2 Å². The monoisotopic (exact) mass is 341 g/mol. The molecule has 7 nitrogen and oxygen atoms in total. The highest BCUT2D eigenvalue weighted by molar-refractivity contribution is 5.89. The largest absolute Gasteiger partial charge is 0.349 e. The van der Waals surface area contributed by atoms with Crippen LogP contribution in [0, 0.1) is 5.92 Å². The van der Waals surface area contributed by atoms with Gasteiger partial charge in [0, 0.05) is 38.1 Å². The lowest BCUT2D eigenvalue weighted by Gasteiger charge is -2.16. The Bertz CT molecular complexity index is 728. The second-order valence-electron chi connectivity index (χ2n) is 6.25. The molecule has 2 amide bonds. The van der Waals surface area contributed by atoms with Crippen LogP contribution in [0.5, 0.6) is 0 Å². The summed E-state index contributed by atoms with van der Waals surface area (Å²) in [5.74, 6) is 0.428. The van der Waals surface area contributed by atoms with Crippen LogP contribution in [0.2, 0.25) is 0 Å². The summed E-state index contributed by atoms with van der Waals surface area (Å²) in [6, 6.07) is 5.62. The van der Waals surface area contributed by atoms with E-state index >= 15 is 0 Å². The van der Waals surface area contributed by atoms with Gasteiger partial charge in [-0.15, -0.1) is 0 Å². The molecule has 132 valence electrons. The van der Waals surface area contributed by atoms with Crippen molar-refractivity contribution in [3.8, 4) is 0 Å². The molecule has 1 unspecified atom stereocenters. The molecule has 2 aromatic heterocycles. The maximum Gasteiger partial charge on any atom is 0.225 e. The number of likely N-dealkylation sites (tertiary alicyclic amines) is 1. The van der Waals surface area contributed by atoms with Crippen molar-refractivity contribution < 1.29 is 9.59 Å². The maximum absolute atomic E-state index is 12.4. The van der Waals surface area contributed by atoms with E-state index < -0.39 is 0 Å². The third-order valence-corrected chi connectivity index (χ3v) is 4.35. The number of nitrogens with one attached hydrogen (secondary N) is 1. The predicted octanol–water partition coefficient (Wildman–Crippen LogP) is 1.35. The van der Waals surface area contributed by atoms with Crippen molar-refractivity contribution in [1.82, 2.24) is 24.8 Å². The van der Waals surface area contributed by atoms with Crippen molar-refractivity contribution >= 4 is 11.8 Å². The van der Waals surface area contributed by atoms with E-state index in [1.807, 2.05) is 29.0 Å². The molecule has 1 aliphatic heterocycles. The van der Waals surface area contributed by atoms with E-state index in [1.165, 1.54) is 0 Å². The van der Waals surface area contributed by atoms with Crippen LogP contribution < -0.4 is 5.32 Å². The number of hydrogen-bond donors (Lipinski definition) is 1. The van der Waals surface area contributed by atoms with Crippen molar-refractivity contribution in [2.45, 2.75) is 39.4 Å². The molecule has 7 heteroatoms. The molecule has 1 fully saturated rings. The highest BCUT2D eigenvalue weighted by Gasteiger charge is 2.34. The van der Waals surface area contributed by atoms with Crippen LogP contribution in [0.4, 0.5) is 0 Å². The van der Waals surface area contributed by atoms with Crippen LogP contribution in [0.15, 0.2) is 36.8 Å². The van der Waals surface area contributed by atoms with Crippen LogP contribution >= 0.6 is 0 Å². The number of imidazole rings is 1. The first-order chi connectivity index (χ1) is 12.2. The Morgan fingerprint density at radius 2 is 2.20 bits per heavy atom. The lowest BCUT2D eigenvalue weighted by atomic mass is 10.1. The third kappa shape index (κ3) is 4.23. The fraction of sp³-hybridized carbons (Fsp3) is 0.444. The van der Waals surface area contributed by atoms with E-state index in [0.29, 0.717) is 19.6 Å². The quantitative estimate of drug-likeness (QED) is 0.824. The fourth-order valence-corrected chi connectivity index (χ4v) is 3.05. The average Bonchev–Trinajstić information content (AvgIpc) is 3.21. The first-order valence-corrected chi connectivity index (χ1v) is 8.62. The van der Waals surface area contributed by atoms with Crippen molar-refractivity contribution in [2.24, 2.45) is 5.92 Å². The lowest BCUT2D eigenvalue weighted by Crippen LogP contribution is -2.33. The Morgan fingerprint density at radius 3 is 2.96 bits per heavy atom. The number of aryl methyl sites for hydroxylation is 1. The van der Waals surface area contributed by atoms with Gasteiger partial charge in [0.2, 0.25) is 11.8 Å². The summed E-state index contributed by atoms with van der Waals surface area (Å²) in [5, 5.41) is 2.91. The zero-order valence-corrected chi connectivity index (χ0v) is 14.4. The molecule has 1 N–H and O–H groups in total. The third-order valence-electron chi connectivity index (χ3n) is 4.35. The topological polar surface area (TPSA) is 80.1 Å². The summed E-state index contributed by atoms with van der Waals surface area (Å²) in [4.78, 5) is 34.8. The van der Waals surface area contributed by atoms with Crippen LogP contribution in [-0.4, -0.2) is 37.8 Å². The second-order valence-corrected chi connectivity index (χ2v) is 6.25. The maximum atomic E-state index is 12.4. The number of pyridine rings is 1. The molecule has 1 saturated heterocycles. The van der Waals surface area contributed by atoms with Crippen molar-refractivity contribution in [3.05, 3.63) is 48.3 Å². The van der Waals surface area contributed by atoms with Gasteiger partial charge in [-0.2, -0.15) is 0 Å². The van der Waals surface area contributed by atoms with Crippen LogP contribution in [0.25, 0.3) is 0 Å². The first-order valence-electron chi connectivity index (χ1n) is 8.62. The van der Waals surface area contributed by atoms with E-state index in [9.17, 15) is 9.59 Å². The molecule has 3 heterocycles. The summed E-state index contributed by atoms with van der Waals surface area (Å²) in [5.41, 5.74) is 0.832. The van der Waals surface area contributed by atoms with E-state index in [0.717, 1.165) is 24.5 Å². The zero-order valence-electron chi connectivity index (χ0n) is 14.4. The smallest absolute Gasteiger partial charge is 0.225 e. The molecule has 1 aliphatic rings. The van der Waals surface area contributed by atoms with E-state index in [1.54, 1.807) is 17.3 Å². The molecule has 0 aromatic carbocycles. The first kappa shape index (κ1) is 17.1. The van der Waals surface area contributed by atoms with Crippen molar-refractivity contribution in [3.63, 3.8) is 0 Å². The van der Waals surface area contributed by atoms with Gasteiger partial charge in [-0.05, 0) is 18.6 Å². The Morgan fingerprint density at radius 1 is 1.32 bits per heavy atom. The number of aromatic nitrogens is 3. The highest BCUT2D eigenvalue weighted by Crippen LogP contribution is 2.20. The summed E-state index contributed by atoms with van der Waals surface area (Å²) in [6.07, 6.45) is 6.63. The molecular formula is C18H23N5O2. The van der Waals surface area contributed by atoms with Crippen LogP contribution in [0.3, 0.4) is 0 Å². The Balaban J connectivity index is 1.53. The summed E-state index contributed by atoms with van der Waals surface area (Å²) in [7, 11) is 0. The molecule has 0 bridgehead atoms. The number of carbonyl (C=O) groups excluding carboxylic acids is 2. The van der Waals surface area contributed by atoms with Crippen molar-refractivity contribution in [1.29, 1.82) is 0 Å². The second kappa shape index (κ2) is 7.92. The number of nitrogens with zero attached hydrogens (tertiary/aromatic N) is 4. The molecule has 0 spiro atoms. The SMILES string of the molecule is CCCn1ccnc1CNC(=O)C1CC(=O)N(Cc2ccccn2)C1. The number of amides is 2. The Kier molecular flexibility index (Phi) is 5.42. The predicted molar refractivity (Wildman–Crippen MR) is 92.1 cm³/mol. The molecule has 0 saturated carbocycles. The minimum Gasteiger partial charge on any atom is -0.349 e. The Labute approximate surface area is 147 Å². The van der Waals surface area contributed by atoms with Gasteiger partial charge in [0.25, 0.3) is 0 Å². The van der Waals surface area contributed by atoms with Gasteiger partial charge in [0.15, 0.2) is 0 Å². The van der Waals surface area contributed by atoms with Gasteiger partial charge in [-0.3, -0.25) is 14.6 Å². The minimum absolute atomic E-state index is 0.00159. The summed E-state index contributed by atoms with van der Waals surface area (Å²) < 4.78 is 2.04. The van der Waals surface area contributed by atoms with Crippen LogP contribution in [-0.2, 0) is 29.2 Å². The summed E-state index contributed by atoms with van der Waals surface area (Å²) in [6.45, 7) is 4.25. The zero-order chi connectivity index (χ0) is 17.6. The molecule has 3 rings (SSSR count). The van der Waals surface area contributed by atoms with Crippen LogP contribution in [0.1, 0.15) is 31.3 Å². The number of carbonyl (C=O) groups is 2. The molecule has 1 atom stereocenters. The standard InChI is InChI=1S/C18H23N5O2/c1-2-8-22-9-7-20-16(22)11-21-18(25)14-10-17(24)23(12-14)13-15-5-3-4-6-19-15/h3-7,9,14H,2,8,10-13H2,1H3,(H,21,25). The van der Waals surface area contributed by atoms with Gasteiger partial charge in [0.1, 0.15) is 5.82 Å². The van der Waals surface area contributed by atoms with Gasteiger partial charge in [0.05, 0.1) is 24.7 Å². The molecule has 0 radical (unpaired) electrons. The molecule has 2 aromatic rings. The van der Waals surface area contributed by atoms with Gasteiger partial charge < -0.3 is 14.8 Å². The average molecular weight is 341 g/mol. The van der Waals surface area contributed by atoms with Gasteiger partial charge in [-0.1, -0.05) is 13.0 Å². The van der Waals surface area contributed by atoms with E-state index in [2.05, 4.69) is 22.2 Å². The fourth-order valence-electron chi connectivity index (χ4n) is 3.05. The minimum atomic E-state index is -0.314. The Hall–Kier alpha value is -2.70. The number of hydrogen-bond acceptors (Lipinski definition) is 4. The molecule has 25 heavy (non-hydrogen) atoms. The molecule has 0 aliphatic carbocycles. The summed E-state index contributed by atoms with van der Waals surface area (Å²) >= 11 is 0. The molecular weight excluding hydrogens is 318 g/mol. The van der Waals surface area contributed by atoms with Gasteiger partial charge >= 0.3 is 0 Å². The lowest BCUT2D eigenvalue weighted by molar-refractivity contribution is -0.129. The number of rotatable bonds is 7. The highest BCUT2D eigenvalue weighted by atomic mass is 16.2.